The van der Waals surface area contributed by atoms with E-state index in [0.29, 0.717) is 17.3 Å². The number of carboxylic acid groups (broad SMARTS) is 1. The van der Waals surface area contributed by atoms with E-state index in [1.807, 2.05) is 13.8 Å². The molecule has 108 valence electrons. The number of urea groups is 1. The molecule has 0 bridgehead atoms. The first kappa shape index (κ1) is 14.7. The number of hydrogen-bond donors (Lipinski definition) is 2. The molecule has 1 heterocycles. The van der Waals surface area contributed by atoms with Crippen molar-refractivity contribution in [2.75, 3.05) is 11.9 Å². The van der Waals surface area contributed by atoms with Crippen molar-refractivity contribution >= 4 is 29.3 Å². The quantitative estimate of drug-likeness (QED) is 0.878. The number of benzene rings is 1. The Kier molecular flexibility index (Phi) is 3.90. The van der Waals surface area contributed by atoms with Crippen LogP contribution in [-0.4, -0.2) is 34.1 Å². The van der Waals surface area contributed by atoms with Crippen LogP contribution < -0.4 is 5.32 Å². The van der Waals surface area contributed by atoms with Crippen LogP contribution in [0.3, 0.4) is 0 Å². The lowest BCUT2D eigenvalue weighted by Crippen LogP contribution is -2.45. The highest BCUT2D eigenvalue weighted by molar-refractivity contribution is 6.33. The van der Waals surface area contributed by atoms with Crippen LogP contribution in [0.2, 0.25) is 5.02 Å². The van der Waals surface area contributed by atoms with Gasteiger partial charge in [-0.3, -0.25) is 0 Å². The molecule has 0 aliphatic carbocycles. The molecular formula is C14H17ClN2O3. The molecule has 1 aliphatic rings. The molecule has 2 amide bonds. The minimum Gasteiger partial charge on any atom is -0.478 e. The van der Waals surface area contributed by atoms with Gasteiger partial charge in [-0.2, -0.15) is 0 Å². The van der Waals surface area contributed by atoms with E-state index in [2.05, 4.69) is 5.32 Å². The minimum absolute atomic E-state index is 0.0883. The highest BCUT2D eigenvalue weighted by atomic mass is 35.5. The Hall–Kier alpha value is -1.75. The van der Waals surface area contributed by atoms with Crippen molar-refractivity contribution in [3.63, 3.8) is 0 Å². The van der Waals surface area contributed by atoms with Gasteiger partial charge in [0.15, 0.2) is 0 Å². The van der Waals surface area contributed by atoms with E-state index in [-0.39, 0.29) is 17.1 Å². The van der Waals surface area contributed by atoms with Crippen LogP contribution in [0.4, 0.5) is 10.5 Å². The van der Waals surface area contributed by atoms with Crippen molar-refractivity contribution in [2.45, 2.75) is 32.2 Å². The molecule has 0 saturated carbocycles. The largest absolute Gasteiger partial charge is 0.478 e. The maximum absolute atomic E-state index is 12.3. The average molecular weight is 297 g/mol. The standard InChI is InChI=1S/C14H17ClN2O3/c1-14(2)6-3-7-17(14)13(20)16-11-8-9(12(18)19)4-5-10(11)15/h4-5,8H,3,6-7H2,1-2H3,(H,16,20)(H,18,19). The van der Waals surface area contributed by atoms with Crippen LogP contribution in [-0.2, 0) is 0 Å². The Labute approximate surface area is 122 Å². The van der Waals surface area contributed by atoms with Gasteiger partial charge in [0, 0.05) is 12.1 Å². The van der Waals surface area contributed by atoms with E-state index in [0.717, 1.165) is 12.8 Å². The van der Waals surface area contributed by atoms with Crippen molar-refractivity contribution in [1.82, 2.24) is 4.90 Å². The maximum Gasteiger partial charge on any atom is 0.335 e. The third kappa shape index (κ3) is 2.88. The molecule has 1 saturated heterocycles. The van der Waals surface area contributed by atoms with Gasteiger partial charge in [-0.25, -0.2) is 9.59 Å². The van der Waals surface area contributed by atoms with Gasteiger partial charge in [-0.15, -0.1) is 0 Å². The smallest absolute Gasteiger partial charge is 0.335 e. The van der Waals surface area contributed by atoms with Gasteiger partial charge in [0.2, 0.25) is 0 Å². The number of anilines is 1. The van der Waals surface area contributed by atoms with E-state index < -0.39 is 5.97 Å². The first-order valence-electron chi connectivity index (χ1n) is 6.43. The van der Waals surface area contributed by atoms with Crippen LogP contribution >= 0.6 is 11.6 Å². The summed E-state index contributed by atoms with van der Waals surface area (Å²) in [5.41, 5.74) is 0.214. The molecule has 1 aromatic carbocycles. The number of carbonyl (C=O) groups is 2. The number of aromatic carboxylic acids is 1. The van der Waals surface area contributed by atoms with Crippen LogP contribution in [0.25, 0.3) is 0 Å². The molecule has 1 aromatic rings. The molecule has 1 fully saturated rings. The van der Waals surface area contributed by atoms with Gasteiger partial charge in [0.05, 0.1) is 16.3 Å². The van der Waals surface area contributed by atoms with Gasteiger partial charge in [-0.05, 0) is 44.9 Å². The van der Waals surface area contributed by atoms with Gasteiger partial charge in [0.25, 0.3) is 0 Å². The highest BCUT2D eigenvalue weighted by Gasteiger charge is 2.35. The number of likely N-dealkylation sites (tertiary alicyclic amines) is 1. The third-order valence-corrected chi connectivity index (χ3v) is 3.93. The number of hydrogen-bond acceptors (Lipinski definition) is 2. The lowest BCUT2D eigenvalue weighted by Gasteiger charge is -2.31. The van der Waals surface area contributed by atoms with E-state index >= 15 is 0 Å². The number of carbonyl (C=O) groups excluding carboxylic acids is 1. The molecule has 0 aromatic heterocycles. The summed E-state index contributed by atoms with van der Waals surface area (Å²) in [4.78, 5) is 25.0. The molecular weight excluding hydrogens is 280 g/mol. The summed E-state index contributed by atoms with van der Waals surface area (Å²) in [6.07, 6.45) is 1.91. The molecule has 2 rings (SSSR count). The fourth-order valence-corrected chi connectivity index (χ4v) is 2.59. The number of halogens is 1. The van der Waals surface area contributed by atoms with Crippen LogP contribution in [0.1, 0.15) is 37.0 Å². The zero-order valence-corrected chi connectivity index (χ0v) is 12.2. The summed E-state index contributed by atoms with van der Waals surface area (Å²) in [7, 11) is 0. The van der Waals surface area contributed by atoms with Gasteiger partial charge < -0.3 is 15.3 Å². The number of nitrogens with one attached hydrogen (secondary N) is 1. The summed E-state index contributed by atoms with van der Waals surface area (Å²) in [5, 5.41) is 12.0. The summed E-state index contributed by atoms with van der Waals surface area (Å²) in [5.74, 6) is -1.06. The monoisotopic (exact) mass is 296 g/mol. The molecule has 0 radical (unpaired) electrons. The van der Waals surface area contributed by atoms with Gasteiger partial charge >= 0.3 is 12.0 Å². The van der Waals surface area contributed by atoms with Crippen molar-refractivity contribution in [1.29, 1.82) is 0 Å². The molecule has 6 heteroatoms. The topological polar surface area (TPSA) is 69.6 Å². The summed E-state index contributed by atoms with van der Waals surface area (Å²) < 4.78 is 0. The van der Waals surface area contributed by atoms with Gasteiger partial charge in [-0.1, -0.05) is 11.6 Å². The normalized spacial score (nSPS) is 17.1. The number of amides is 2. The van der Waals surface area contributed by atoms with Crippen molar-refractivity contribution < 1.29 is 14.7 Å². The zero-order valence-electron chi connectivity index (χ0n) is 11.4. The lowest BCUT2D eigenvalue weighted by atomic mass is 10.0. The molecule has 1 aliphatic heterocycles. The predicted molar refractivity (Wildman–Crippen MR) is 77.4 cm³/mol. The molecule has 0 spiro atoms. The predicted octanol–water partition coefficient (Wildman–Crippen LogP) is 3.44. The fraction of sp³-hybridized carbons (Fsp3) is 0.429. The zero-order chi connectivity index (χ0) is 14.9. The second kappa shape index (κ2) is 5.32. The van der Waals surface area contributed by atoms with E-state index in [4.69, 9.17) is 16.7 Å². The summed E-state index contributed by atoms with van der Waals surface area (Å²) in [6, 6.07) is 3.98. The summed E-state index contributed by atoms with van der Waals surface area (Å²) >= 11 is 6.00. The maximum atomic E-state index is 12.3. The Morgan fingerprint density at radius 2 is 2.10 bits per heavy atom. The second-order valence-corrected chi connectivity index (χ2v) is 5.90. The van der Waals surface area contributed by atoms with Gasteiger partial charge in [0.1, 0.15) is 0 Å². The van der Waals surface area contributed by atoms with Crippen molar-refractivity contribution in [2.24, 2.45) is 0 Å². The summed E-state index contributed by atoms with van der Waals surface area (Å²) in [6.45, 7) is 4.71. The Balaban J connectivity index is 2.19. The first-order chi connectivity index (χ1) is 9.31. The second-order valence-electron chi connectivity index (χ2n) is 5.50. The average Bonchev–Trinajstić information content (AvgIpc) is 2.71. The van der Waals surface area contributed by atoms with Crippen LogP contribution in [0.5, 0.6) is 0 Å². The molecule has 0 unspecified atom stereocenters. The Bertz CT molecular complexity index is 557. The highest BCUT2D eigenvalue weighted by Crippen LogP contribution is 2.30. The third-order valence-electron chi connectivity index (χ3n) is 3.60. The van der Waals surface area contributed by atoms with Crippen LogP contribution in [0.15, 0.2) is 18.2 Å². The molecule has 5 nitrogen and oxygen atoms in total. The fourth-order valence-electron chi connectivity index (χ4n) is 2.42. The van der Waals surface area contributed by atoms with Crippen molar-refractivity contribution in [3.05, 3.63) is 28.8 Å². The number of carboxylic acids is 1. The lowest BCUT2D eigenvalue weighted by molar-refractivity contribution is 0.0697. The SMILES string of the molecule is CC1(C)CCCN1C(=O)Nc1cc(C(=O)O)ccc1Cl. The van der Waals surface area contributed by atoms with Crippen molar-refractivity contribution in [3.8, 4) is 0 Å². The van der Waals surface area contributed by atoms with E-state index in [1.54, 1.807) is 4.90 Å². The number of nitrogens with zero attached hydrogens (tertiary/aromatic N) is 1. The molecule has 2 N–H and O–H groups in total. The number of rotatable bonds is 2. The first-order valence-corrected chi connectivity index (χ1v) is 6.80. The van der Waals surface area contributed by atoms with E-state index in [1.165, 1.54) is 18.2 Å². The molecule has 0 atom stereocenters. The molecule has 20 heavy (non-hydrogen) atoms. The Morgan fingerprint density at radius 1 is 1.40 bits per heavy atom. The Morgan fingerprint density at radius 3 is 2.65 bits per heavy atom. The minimum atomic E-state index is -1.06. The van der Waals surface area contributed by atoms with E-state index in [9.17, 15) is 9.59 Å². The van der Waals surface area contributed by atoms with Crippen LogP contribution in [0, 0.1) is 0 Å².